The topological polar surface area (TPSA) is 73.1 Å². The molecule has 0 heterocycles. The van der Waals surface area contributed by atoms with Crippen LogP contribution in [0.5, 0.6) is 0 Å². The van der Waals surface area contributed by atoms with Gasteiger partial charge in [0.25, 0.3) is 5.91 Å². The fourth-order valence-electron chi connectivity index (χ4n) is 3.07. The van der Waals surface area contributed by atoms with Gasteiger partial charge in [-0.3, -0.25) is 4.79 Å². The van der Waals surface area contributed by atoms with Crippen molar-refractivity contribution in [3.8, 4) is 6.07 Å². The van der Waals surface area contributed by atoms with Crippen molar-refractivity contribution in [1.29, 1.82) is 5.26 Å². The second-order valence-corrected chi connectivity index (χ2v) is 8.45. The molecule has 4 nitrogen and oxygen atoms in total. The van der Waals surface area contributed by atoms with Crippen LogP contribution in [0.1, 0.15) is 16.7 Å². The number of nitrogens with zero attached hydrogens (tertiary/aromatic N) is 1. The van der Waals surface area contributed by atoms with E-state index in [0.717, 1.165) is 36.0 Å². The number of rotatable bonds is 7. The monoisotopic (exact) mass is 492 g/mol. The van der Waals surface area contributed by atoms with E-state index in [4.69, 9.17) is 5.26 Å². The molecule has 1 amide bonds. The molecule has 0 unspecified atom stereocenters. The summed E-state index contributed by atoms with van der Waals surface area (Å²) >= 11 is 1.04. The molecule has 2 N–H and O–H groups in total. The number of carbonyl (C=O) groups excluding carboxylic acids is 1. The van der Waals surface area contributed by atoms with E-state index in [2.05, 4.69) is 5.32 Å². The molecule has 34 heavy (non-hydrogen) atoms. The van der Waals surface area contributed by atoms with Gasteiger partial charge in [-0.15, -0.1) is 11.8 Å². The number of nitriles is 1. The summed E-state index contributed by atoms with van der Waals surface area (Å²) in [5.74, 6) is -2.21. The maximum atomic E-state index is 13.3. The Morgan fingerprint density at radius 1 is 0.971 bits per heavy atom. The molecule has 0 bridgehead atoms. The third kappa shape index (κ3) is 6.34. The van der Waals surface area contributed by atoms with Crippen LogP contribution >= 0.6 is 11.8 Å². The average molecular weight is 492 g/mol. The maximum Gasteiger partial charge on any atom is 0.417 e. The SMILES string of the molecule is N#Cc1ccc(NC(=O)[C@@](O)(CSc2ccc(F)cc2)Cc2ccc(F)cc2)cc1C(F)(F)F. The summed E-state index contributed by atoms with van der Waals surface area (Å²) in [5, 5.41) is 22.4. The van der Waals surface area contributed by atoms with E-state index in [1.54, 1.807) is 0 Å². The molecule has 3 rings (SSSR count). The number of hydrogen-bond donors (Lipinski definition) is 2. The Bertz CT molecular complexity index is 1210. The van der Waals surface area contributed by atoms with Crippen LogP contribution in [0.3, 0.4) is 0 Å². The molecule has 0 aliphatic carbocycles. The number of alkyl halides is 3. The van der Waals surface area contributed by atoms with E-state index in [1.807, 2.05) is 0 Å². The molecule has 0 aliphatic heterocycles. The highest BCUT2D eigenvalue weighted by atomic mass is 32.2. The van der Waals surface area contributed by atoms with Crippen LogP contribution < -0.4 is 5.32 Å². The zero-order valence-electron chi connectivity index (χ0n) is 17.4. The van der Waals surface area contributed by atoms with Crippen LogP contribution in [0, 0.1) is 23.0 Å². The van der Waals surface area contributed by atoms with Crippen molar-refractivity contribution >= 4 is 23.4 Å². The molecule has 0 aliphatic rings. The van der Waals surface area contributed by atoms with Crippen molar-refractivity contribution in [2.24, 2.45) is 0 Å². The third-order valence-corrected chi connectivity index (χ3v) is 6.05. The van der Waals surface area contributed by atoms with Gasteiger partial charge in [-0.1, -0.05) is 12.1 Å². The zero-order chi connectivity index (χ0) is 24.9. The Labute approximate surface area is 196 Å². The first-order valence-corrected chi connectivity index (χ1v) is 10.8. The lowest BCUT2D eigenvalue weighted by Gasteiger charge is -2.27. The first-order chi connectivity index (χ1) is 16.0. The lowest BCUT2D eigenvalue weighted by Crippen LogP contribution is -2.47. The lowest BCUT2D eigenvalue weighted by molar-refractivity contribution is -0.138. The second-order valence-electron chi connectivity index (χ2n) is 7.40. The van der Waals surface area contributed by atoms with Crippen molar-refractivity contribution in [3.05, 3.63) is 95.1 Å². The molecule has 1 atom stereocenters. The third-order valence-electron chi connectivity index (χ3n) is 4.83. The summed E-state index contributed by atoms with van der Waals surface area (Å²) in [5.41, 5.74) is -3.81. The molecule has 0 radical (unpaired) electrons. The summed E-state index contributed by atoms with van der Waals surface area (Å²) in [4.78, 5) is 13.6. The minimum atomic E-state index is -4.82. The van der Waals surface area contributed by atoms with E-state index < -0.39 is 40.4 Å². The normalized spacial score (nSPS) is 13.1. The van der Waals surface area contributed by atoms with E-state index in [0.29, 0.717) is 16.5 Å². The number of halogens is 5. The quantitative estimate of drug-likeness (QED) is 0.335. The minimum Gasteiger partial charge on any atom is -0.379 e. The standard InChI is InChI=1S/C24H17F5N2O2S/c25-17-4-1-15(2-5-17)12-23(33,14-34-20-9-6-18(26)7-10-20)22(32)31-19-8-3-16(13-30)21(11-19)24(27,28)29/h1-11,33H,12,14H2,(H,31,32)/t23-/m0/s1. The first-order valence-electron chi connectivity index (χ1n) is 9.78. The highest BCUT2D eigenvalue weighted by Gasteiger charge is 2.38. The van der Waals surface area contributed by atoms with Gasteiger partial charge in [0.1, 0.15) is 11.6 Å². The number of nitrogens with one attached hydrogen (secondary N) is 1. The summed E-state index contributed by atoms with van der Waals surface area (Å²) in [6.07, 6.45) is -5.09. The summed E-state index contributed by atoms with van der Waals surface area (Å²) < 4.78 is 66.3. The number of amides is 1. The summed E-state index contributed by atoms with van der Waals surface area (Å²) in [6, 6.07) is 14.5. The molecular weight excluding hydrogens is 475 g/mol. The fourth-order valence-corrected chi connectivity index (χ4v) is 4.04. The van der Waals surface area contributed by atoms with Crippen LogP contribution in [0.2, 0.25) is 0 Å². The van der Waals surface area contributed by atoms with Gasteiger partial charge in [-0.05, 0) is 60.2 Å². The van der Waals surface area contributed by atoms with Gasteiger partial charge in [0, 0.05) is 22.8 Å². The number of aliphatic hydroxyl groups is 1. The van der Waals surface area contributed by atoms with Gasteiger partial charge in [0.2, 0.25) is 0 Å². The van der Waals surface area contributed by atoms with Crippen molar-refractivity contribution in [2.75, 3.05) is 11.1 Å². The average Bonchev–Trinajstić information content (AvgIpc) is 2.79. The highest BCUT2D eigenvalue weighted by molar-refractivity contribution is 7.99. The predicted molar refractivity (Wildman–Crippen MR) is 117 cm³/mol. The van der Waals surface area contributed by atoms with Gasteiger partial charge in [0.05, 0.1) is 17.2 Å². The number of hydrogen-bond acceptors (Lipinski definition) is 4. The Morgan fingerprint density at radius 2 is 1.56 bits per heavy atom. The zero-order valence-corrected chi connectivity index (χ0v) is 18.2. The number of thioether (sulfide) groups is 1. The molecular formula is C24H17F5N2O2S. The number of anilines is 1. The summed E-state index contributed by atoms with van der Waals surface area (Å²) in [7, 11) is 0. The Kier molecular flexibility index (Phi) is 7.59. The molecule has 0 saturated heterocycles. The van der Waals surface area contributed by atoms with E-state index >= 15 is 0 Å². The predicted octanol–water partition coefficient (Wildman–Crippen LogP) is 5.56. The van der Waals surface area contributed by atoms with Crippen molar-refractivity contribution in [2.45, 2.75) is 23.1 Å². The molecule has 0 fully saturated rings. The van der Waals surface area contributed by atoms with Gasteiger partial charge < -0.3 is 10.4 Å². The molecule has 3 aromatic carbocycles. The Hall–Kier alpha value is -3.42. The second kappa shape index (κ2) is 10.2. The number of carbonyl (C=O) groups is 1. The maximum absolute atomic E-state index is 13.3. The van der Waals surface area contributed by atoms with E-state index in [9.17, 15) is 31.9 Å². The minimum absolute atomic E-state index is 0.232. The molecule has 3 aromatic rings. The van der Waals surface area contributed by atoms with Crippen LogP contribution in [-0.4, -0.2) is 22.4 Å². The van der Waals surface area contributed by atoms with Crippen LogP contribution in [0.15, 0.2) is 71.6 Å². The first kappa shape index (κ1) is 25.2. The molecule has 0 spiro atoms. The van der Waals surface area contributed by atoms with Gasteiger partial charge in [-0.2, -0.15) is 18.4 Å². The summed E-state index contributed by atoms with van der Waals surface area (Å²) in [6.45, 7) is 0. The highest BCUT2D eigenvalue weighted by Crippen LogP contribution is 2.34. The van der Waals surface area contributed by atoms with Crippen LogP contribution in [0.4, 0.5) is 27.6 Å². The molecule has 10 heteroatoms. The Balaban J connectivity index is 1.88. The largest absolute Gasteiger partial charge is 0.417 e. The lowest BCUT2D eigenvalue weighted by atomic mass is 9.95. The van der Waals surface area contributed by atoms with E-state index in [1.165, 1.54) is 42.5 Å². The van der Waals surface area contributed by atoms with Crippen molar-refractivity contribution in [1.82, 2.24) is 0 Å². The van der Waals surface area contributed by atoms with Gasteiger partial charge >= 0.3 is 6.18 Å². The van der Waals surface area contributed by atoms with Crippen molar-refractivity contribution in [3.63, 3.8) is 0 Å². The molecule has 0 saturated carbocycles. The molecule has 176 valence electrons. The van der Waals surface area contributed by atoms with Gasteiger partial charge in [-0.25, -0.2) is 8.78 Å². The van der Waals surface area contributed by atoms with Crippen molar-refractivity contribution < 1.29 is 31.9 Å². The molecule has 0 aromatic heterocycles. The smallest absolute Gasteiger partial charge is 0.379 e. The fraction of sp³-hybridized carbons (Fsp3) is 0.167. The van der Waals surface area contributed by atoms with Gasteiger partial charge in [0.15, 0.2) is 5.60 Å². The Morgan fingerprint density at radius 3 is 2.12 bits per heavy atom. The van der Waals surface area contributed by atoms with Crippen LogP contribution in [0.25, 0.3) is 0 Å². The number of benzene rings is 3. The van der Waals surface area contributed by atoms with Crippen LogP contribution in [-0.2, 0) is 17.4 Å². The van der Waals surface area contributed by atoms with E-state index in [-0.39, 0.29) is 17.9 Å².